The first-order valence-electron chi connectivity index (χ1n) is 8.30. The van der Waals surface area contributed by atoms with Gasteiger partial charge in [-0.15, -0.1) is 0 Å². The first-order valence-corrected chi connectivity index (χ1v) is 10.1. The summed E-state index contributed by atoms with van der Waals surface area (Å²) in [6, 6.07) is 5.57. The number of rotatable bonds is 5. The lowest BCUT2D eigenvalue weighted by Crippen LogP contribution is -2.42. The van der Waals surface area contributed by atoms with E-state index in [0.29, 0.717) is 37.1 Å². The molecule has 0 amide bonds. The molecule has 0 aliphatic carbocycles. The number of nitrogens with zero attached hydrogens (tertiary/aromatic N) is 1. The third-order valence-corrected chi connectivity index (χ3v) is 5.82. The van der Waals surface area contributed by atoms with Gasteiger partial charge >= 0.3 is 0 Å². The third-order valence-electron chi connectivity index (χ3n) is 4.55. The number of piperidine rings is 1. The van der Waals surface area contributed by atoms with Crippen LogP contribution in [0.5, 0.6) is 0 Å². The highest BCUT2D eigenvalue weighted by atomic mass is 32.2. The Balaban J connectivity index is 1.61. The number of hydrogen-bond acceptors (Lipinski definition) is 4. The van der Waals surface area contributed by atoms with Crippen molar-refractivity contribution in [3.8, 4) is 0 Å². The molecule has 1 aliphatic heterocycles. The van der Waals surface area contributed by atoms with E-state index in [1.54, 1.807) is 6.07 Å². The van der Waals surface area contributed by atoms with Gasteiger partial charge in [-0.2, -0.15) is 0 Å². The van der Waals surface area contributed by atoms with Crippen molar-refractivity contribution in [2.45, 2.75) is 19.4 Å². The SMILES string of the molecule is CS(=O)(=O)N1CCC[C@H](CNCc2cc(=O)c3cc(F)ccc3[nH]2)C1. The number of nitrogens with one attached hydrogen (secondary N) is 2. The van der Waals surface area contributed by atoms with E-state index in [9.17, 15) is 17.6 Å². The van der Waals surface area contributed by atoms with Crippen molar-refractivity contribution in [2.24, 2.45) is 5.92 Å². The number of aromatic amines is 1. The van der Waals surface area contributed by atoms with Crippen LogP contribution in [0.4, 0.5) is 4.39 Å². The molecule has 136 valence electrons. The number of fused-ring (bicyclic) bond motifs is 1. The summed E-state index contributed by atoms with van der Waals surface area (Å²) in [6.07, 6.45) is 3.08. The van der Waals surface area contributed by atoms with Gasteiger partial charge in [0.25, 0.3) is 0 Å². The van der Waals surface area contributed by atoms with Crippen molar-refractivity contribution in [2.75, 3.05) is 25.9 Å². The monoisotopic (exact) mass is 367 g/mol. The molecule has 1 aromatic carbocycles. The lowest BCUT2D eigenvalue weighted by Gasteiger charge is -2.31. The molecule has 0 radical (unpaired) electrons. The number of sulfonamides is 1. The van der Waals surface area contributed by atoms with Gasteiger partial charge in [0.05, 0.1) is 6.26 Å². The molecule has 0 saturated carbocycles. The molecule has 1 aromatic heterocycles. The summed E-state index contributed by atoms with van der Waals surface area (Å²) in [6.45, 7) is 2.26. The molecule has 3 rings (SSSR count). The van der Waals surface area contributed by atoms with Gasteiger partial charge in [0.1, 0.15) is 5.82 Å². The molecular weight excluding hydrogens is 345 g/mol. The maximum Gasteiger partial charge on any atom is 0.211 e. The number of H-pyrrole nitrogens is 1. The summed E-state index contributed by atoms with van der Waals surface area (Å²) in [4.78, 5) is 15.2. The number of halogens is 1. The van der Waals surface area contributed by atoms with Crippen LogP contribution >= 0.6 is 0 Å². The highest BCUT2D eigenvalue weighted by Crippen LogP contribution is 2.18. The van der Waals surface area contributed by atoms with Gasteiger partial charge in [0.15, 0.2) is 5.43 Å². The standard InChI is InChI=1S/C17H22FN3O3S/c1-25(23,24)21-6-2-3-12(11-21)9-19-10-14-8-17(22)15-7-13(18)4-5-16(15)20-14/h4-5,7-8,12,19H,2-3,6,9-11H2,1H3,(H,20,22)/t12-/m1/s1. The van der Waals surface area contributed by atoms with Crippen LogP contribution < -0.4 is 10.7 Å². The molecule has 0 unspecified atom stereocenters. The quantitative estimate of drug-likeness (QED) is 0.838. The van der Waals surface area contributed by atoms with Gasteiger partial charge in [-0.05, 0) is 43.5 Å². The molecule has 2 heterocycles. The fraction of sp³-hybridized carbons (Fsp3) is 0.471. The minimum atomic E-state index is -3.14. The Bertz CT molecular complexity index is 926. The van der Waals surface area contributed by atoms with Crippen LogP contribution in [0.15, 0.2) is 29.1 Å². The van der Waals surface area contributed by atoms with Crippen molar-refractivity contribution < 1.29 is 12.8 Å². The van der Waals surface area contributed by atoms with Crippen LogP contribution in [0.1, 0.15) is 18.5 Å². The van der Waals surface area contributed by atoms with Crippen molar-refractivity contribution in [1.82, 2.24) is 14.6 Å². The van der Waals surface area contributed by atoms with Gasteiger partial charge in [-0.3, -0.25) is 4.79 Å². The van der Waals surface area contributed by atoms with Crippen molar-refractivity contribution in [3.05, 3.63) is 46.0 Å². The first-order chi connectivity index (χ1) is 11.8. The topological polar surface area (TPSA) is 82.3 Å². The maximum atomic E-state index is 13.2. The predicted octanol–water partition coefficient (Wildman–Crippen LogP) is 1.43. The summed E-state index contributed by atoms with van der Waals surface area (Å²) in [5, 5.41) is 3.61. The number of pyridine rings is 1. The molecule has 2 aromatic rings. The van der Waals surface area contributed by atoms with Crippen LogP contribution in [-0.4, -0.2) is 43.6 Å². The van der Waals surface area contributed by atoms with E-state index < -0.39 is 15.8 Å². The average molecular weight is 367 g/mol. The number of hydrogen-bond donors (Lipinski definition) is 2. The molecule has 1 atom stereocenters. The zero-order valence-corrected chi connectivity index (χ0v) is 14.9. The van der Waals surface area contributed by atoms with Gasteiger partial charge in [-0.25, -0.2) is 17.1 Å². The molecular formula is C17H22FN3O3S. The fourth-order valence-electron chi connectivity index (χ4n) is 3.28. The second-order valence-corrected chi connectivity index (χ2v) is 8.59. The van der Waals surface area contributed by atoms with Crippen molar-refractivity contribution >= 4 is 20.9 Å². The molecule has 0 bridgehead atoms. The smallest absolute Gasteiger partial charge is 0.211 e. The molecule has 8 heteroatoms. The second-order valence-electron chi connectivity index (χ2n) is 6.61. The van der Waals surface area contributed by atoms with E-state index >= 15 is 0 Å². The van der Waals surface area contributed by atoms with Crippen LogP contribution in [0.3, 0.4) is 0 Å². The summed E-state index contributed by atoms with van der Waals surface area (Å²) in [7, 11) is -3.14. The Morgan fingerprint density at radius 1 is 1.36 bits per heavy atom. The minimum absolute atomic E-state index is 0.217. The second kappa shape index (κ2) is 7.23. The van der Waals surface area contributed by atoms with E-state index in [-0.39, 0.29) is 11.3 Å². The van der Waals surface area contributed by atoms with E-state index in [0.717, 1.165) is 18.5 Å². The largest absolute Gasteiger partial charge is 0.357 e. The van der Waals surface area contributed by atoms with Gasteiger partial charge in [0.2, 0.25) is 10.0 Å². The Labute approximate surface area is 146 Å². The van der Waals surface area contributed by atoms with Crippen LogP contribution in [-0.2, 0) is 16.6 Å². The molecule has 0 spiro atoms. The molecule has 25 heavy (non-hydrogen) atoms. The Morgan fingerprint density at radius 2 is 2.16 bits per heavy atom. The lowest BCUT2D eigenvalue weighted by molar-refractivity contribution is 0.261. The van der Waals surface area contributed by atoms with Crippen molar-refractivity contribution in [1.29, 1.82) is 0 Å². The van der Waals surface area contributed by atoms with Crippen LogP contribution in [0.2, 0.25) is 0 Å². The summed E-state index contributed by atoms with van der Waals surface area (Å²) < 4.78 is 38.1. The van der Waals surface area contributed by atoms with Crippen LogP contribution in [0, 0.1) is 11.7 Å². The van der Waals surface area contributed by atoms with E-state index in [1.807, 2.05) is 0 Å². The zero-order chi connectivity index (χ0) is 18.0. The Hall–Kier alpha value is -1.77. The predicted molar refractivity (Wildman–Crippen MR) is 95.4 cm³/mol. The van der Waals surface area contributed by atoms with Gasteiger partial charge in [0, 0.05) is 42.3 Å². The Kier molecular flexibility index (Phi) is 5.21. The molecule has 1 saturated heterocycles. The van der Waals surface area contributed by atoms with Gasteiger partial charge < -0.3 is 10.3 Å². The molecule has 6 nitrogen and oxygen atoms in total. The summed E-state index contributed by atoms with van der Waals surface area (Å²) in [5.74, 6) is -0.179. The van der Waals surface area contributed by atoms with Crippen LogP contribution in [0.25, 0.3) is 10.9 Å². The summed E-state index contributed by atoms with van der Waals surface area (Å²) >= 11 is 0. The highest BCUT2D eigenvalue weighted by Gasteiger charge is 2.25. The molecule has 1 fully saturated rings. The van der Waals surface area contributed by atoms with E-state index in [4.69, 9.17) is 0 Å². The normalized spacial score (nSPS) is 19.4. The average Bonchev–Trinajstić information content (AvgIpc) is 2.55. The lowest BCUT2D eigenvalue weighted by atomic mass is 10.00. The van der Waals surface area contributed by atoms with Crippen molar-refractivity contribution in [3.63, 3.8) is 0 Å². The fourth-order valence-corrected chi connectivity index (χ4v) is 4.22. The van der Waals surface area contributed by atoms with Gasteiger partial charge in [-0.1, -0.05) is 0 Å². The summed E-state index contributed by atoms with van der Waals surface area (Å²) in [5.41, 5.74) is 1.11. The first kappa shape index (κ1) is 18.0. The third kappa shape index (κ3) is 4.45. The molecule has 1 aliphatic rings. The minimum Gasteiger partial charge on any atom is -0.357 e. The molecule has 2 N–H and O–H groups in total. The highest BCUT2D eigenvalue weighted by molar-refractivity contribution is 7.88. The number of benzene rings is 1. The Morgan fingerprint density at radius 3 is 2.92 bits per heavy atom. The zero-order valence-electron chi connectivity index (χ0n) is 14.1. The number of aromatic nitrogens is 1. The van der Waals surface area contributed by atoms with E-state index in [2.05, 4.69) is 10.3 Å². The maximum absolute atomic E-state index is 13.2. The van der Waals surface area contributed by atoms with E-state index in [1.165, 1.54) is 28.8 Å².